The Bertz CT molecular complexity index is 464. The first-order valence-corrected chi connectivity index (χ1v) is 8.57. The van der Waals surface area contributed by atoms with Gasteiger partial charge in [-0.2, -0.15) is 0 Å². The average molecular weight is 276 g/mol. The molecule has 2 heteroatoms. The van der Waals surface area contributed by atoms with Gasteiger partial charge in [0.15, 0.2) is 0 Å². The minimum atomic E-state index is -0.321. The fraction of sp³-hybridized carbons (Fsp3) is 0.944. The zero-order valence-electron chi connectivity index (χ0n) is 13.4. The van der Waals surface area contributed by atoms with E-state index >= 15 is 0 Å². The molecule has 0 aromatic carbocycles. The lowest BCUT2D eigenvalue weighted by Gasteiger charge is -2.48. The number of esters is 1. The maximum Gasteiger partial charge on any atom is 0.312 e. The van der Waals surface area contributed by atoms with Crippen LogP contribution in [0.2, 0.25) is 0 Å². The van der Waals surface area contributed by atoms with Crippen LogP contribution in [0.1, 0.15) is 66.2 Å². The first-order valence-electron chi connectivity index (χ1n) is 8.57. The van der Waals surface area contributed by atoms with Crippen molar-refractivity contribution in [1.29, 1.82) is 0 Å². The number of carbonyl (C=O) groups is 1. The molecule has 0 saturated heterocycles. The van der Waals surface area contributed by atoms with Gasteiger partial charge in [0.2, 0.25) is 0 Å². The Labute approximate surface area is 122 Å². The Hall–Kier alpha value is -0.530. The average Bonchev–Trinajstić information content (AvgIpc) is 3.04. The predicted molar refractivity (Wildman–Crippen MR) is 78.0 cm³/mol. The Morgan fingerprint density at radius 3 is 2.75 bits per heavy atom. The summed E-state index contributed by atoms with van der Waals surface area (Å²) >= 11 is 0. The fourth-order valence-corrected chi connectivity index (χ4v) is 6.24. The third kappa shape index (κ3) is 1.39. The first kappa shape index (κ1) is 13.2. The molecule has 20 heavy (non-hydrogen) atoms. The van der Waals surface area contributed by atoms with Crippen LogP contribution in [0.5, 0.6) is 0 Å². The molecule has 0 aliphatic heterocycles. The molecule has 0 aromatic heterocycles. The Morgan fingerprint density at radius 2 is 2.05 bits per heavy atom. The summed E-state index contributed by atoms with van der Waals surface area (Å²) in [6.07, 6.45) is 7.39. The highest BCUT2D eigenvalue weighted by atomic mass is 16.6. The molecule has 6 unspecified atom stereocenters. The van der Waals surface area contributed by atoms with Crippen molar-refractivity contribution in [2.45, 2.75) is 71.8 Å². The van der Waals surface area contributed by atoms with Gasteiger partial charge >= 0.3 is 5.97 Å². The molecule has 1 spiro atoms. The number of carbonyl (C=O) groups excluding carboxylic acids is 1. The highest BCUT2D eigenvalue weighted by Crippen LogP contribution is 2.83. The van der Waals surface area contributed by atoms with Crippen molar-refractivity contribution >= 4 is 5.97 Å². The molecule has 2 bridgehead atoms. The largest absolute Gasteiger partial charge is 0.458 e. The van der Waals surface area contributed by atoms with E-state index in [4.69, 9.17) is 4.74 Å². The van der Waals surface area contributed by atoms with Crippen molar-refractivity contribution in [2.75, 3.05) is 0 Å². The summed E-state index contributed by atoms with van der Waals surface area (Å²) in [5.74, 6) is 3.33. The standard InChI is InChI=1S/C18H28O2/c1-5-6-16(2,3)15(19)20-17(4)12-7-11-9-18(10-14(17)18)13(11)8-12/h11-14H,5-10H2,1-4H3. The van der Waals surface area contributed by atoms with Gasteiger partial charge in [-0.25, -0.2) is 0 Å². The van der Waals surface area contributed by atoms with Gasteiger partial charge in [0.05, 0.1) is 5.41 Å². The van der Waals surface area contributed by atoms with Crippen molar-refractivity contribution < 1.29 is 9.53 Å². The van der Waals surface area contributed by atoms with Crippen molar-refractivity contribution in [2.24, 2.45) is 34.5 Å². The van der Waals surface area contributed by atoms with Crippen LogP contribution in [0.15, 0.2) is 0 Å². The van der Waals surface area contributed by atoms with Crippen LogP contribution in [0, 0.1) is 34.5 Å². The number of rotatable bonds is 4. The van der Waals surface area contributed by atoms with Crippen LogP contribution in [0.3, 0.4) is 0 Å². The number of fused-ring (bicyclic) bond motifs is 1. The normalized spacial score (nSPS) is 51.2. The molecule has 112 valence electrons. The van der Waals surface area contributed by atoms with E-state index in [0.29, 0.717) is 17.3 Å². The molecule has 0 heterocycles. The van der Waals surface area contributed by atoms with Gasteiger partial charge < -0.3 is 4.74 Å². The zero-order valence-corrected chi connectivity index (χ0v) is 13.4. The minimum Gasteiger partial charge on any atom is -0.458 e. The van der Waals surface area contributed by atoms with E-state index in [1.54, 1.807) is 0 Å². The molecule has 0 N–H and O–H groups in total. The summed E-state index contributed by atoms with van der Waals surface area (Å²) in [7, 11) is 0. The van der Waals surface area contributed by atoms with E-state index in [2.05, 4.69) is 13.8 Å². The lowest BCUT2D eigenvalue weighted by Crippen LogP contribution is -2.49. The second kappa shape index (κ2) is 3.62. The van der Waals surface area contributed by atoms with Crippen LogP contribution in [0.25, 0.3) is 0 Å². The molecule has 4 rings (SSSR count). The first-order chi connectivity index (χ1) is 9.33. The topological polar surface area (TPSA) is 26.3 Å². The second-order valence-electron chi connectivity index (χ2n) is 8.94. The smallest absolute Gasteiger partial charge is 0.312 e. The minimum absolute atomic E-state index is 0.0476. The van der Waals surface area contributed by atoms with Crippen LogP contribution in [-0.2, 0) is 9.53 Å². The quantitative estimate of drug-likeness (QED) is 0.720. The van der Waals surface area contributed by atoms with Crippen LogP contribution in [-0.4, -0.2) is 11.6 Å². The van der Waals surface area contributed by atoms with Crippen molar-refractivity contribution in [3.8, 4) is 0 Å². The Morgan fingerprint density at radius 1 is 1.30 bits per heavy atom. The summed E-state index contributed by atoms with van der Waals surface area (Å²) in [5, 5.41) is 0. The van der Waals surface area contributed by atoms with E-state index in [0.717, 1.165) is 24.7 Å². The highest BCUT2D eigenvalue weighted by molar-refractivity contribution is 5.76. The molecule has 2 nitrogen and oxygen atoms in total. The van der Waals surface area contributed by atoms with Crippen molar-refractivity contribution in [1.82, 2.24) is 0 Å². The molecule has 6 atom stereocenters. The van der Waals surface area contributed by atoms with E-state index in [-0.39, 0.29) is 17.0 Å². The Balaban J connectivity index is 1.55. The molecule has 4 fully saturated rings. The van der Waals surface area contributed by atoms with E-state index in [1.165, 1.54) is 25.7 Å². The third-order valence-corrected chi connectivity index (χ3v) is 7.44. The van der Waals surface area contributed by atoms with Crippen molar-refractivity contribution in [3.63, 3.8) is 0 Å². The van der Waals surface area contributed by atoms with Gasteiger partial charge in [-0.1, -0.05) is 13.3 Å². The molecule has 4 aliphatic rings. The lowest BCUT2D eigenvalue weighted by molar-refractivity contribution is -0.183. The number of hydrogen-bond acceptors (Lipinski definition) is 2. The molecule has 0 radical (unpaired) electrons. The molecule has 4 aliphatic carbocycles. The third-order valence-electron chi connectivity index (χ3n) is 7.44. The fourth-order valence-electron chi connectivity index (χ4n) is 6.24. The van der Waals surface area contributed by atoms with E-state index in [1.807, 2.05) is 13.8 Å². The lowest BCUT2D eigenvalue weighted by atomic mass is 9.60. The summed E-state index contributed by atoms with van der Waals surface area (Å²) in [6, 6.07) is 0. The SMILES string of the molecule is CCCC(C)(C)C(=O)OC1(C)C2CC3CC4(CC41)C3C2. The van der Waals surface area contributed by atoms with E-state index in [9.17, 15) is 4.79 Å². The molecule has 4 saturated carbocycles. The van der Waals surface area contributed by atoms with Gasteiger partial charge in [-0.3, -0.25) is 4.79 Å². The Kier molecular flexibility index (Phi) is 2.38. The summed E-state index contributed by atoms with van der Waals surface area (Å²) in [4.78, 5) is 12.7. The van der Waals surface area contributed by atoms with E-state index < -0.39 is 0 Å². The number of ether oxygens (including phenoxy) is 1. The molecule has 0 amide bonds. The van der Waals surface area contributed by atoms with Gasteiger partial charge in [-0.05, 0) is 76.0 Å². The van der Waals surface area contributed by atoms with Gasteiger partial charge in [0.1, 0.15) is 5.60 Å². The maximum absolute atomic E-state index is 12.7. The predicted octanol–water partition coefficient (Wildman–Crippen LogP) is 4.18. The monoisotopic (exact) mass is 276 g/mol. The molecular weight excluding hydrogens is 248 g/mol. The zero-order chi connectivity index (χ0) is 14.3. The van der Waals surface area contributed by atoms with Crippen LogP contribution in [0.4, 0.5) is 0 Å². The highest BCUT2D eigenvalue weighted by Gasteiger charge is 2.80. The van der Waals surface area contributed by atoms with Gasteiger partial charge in [0, 0.05) is 5.92 Å². The second-order valence-corrected chi connectivity index (χ2v) is 8.94. The van der Waals surface area contributed by atoms with Gasteiger partial charge in [-0.15, -0.1) is 0 Å². The summed E-state index contributed by atoms with van der Waals surface area (Å²) in [6.45, 7) is 8.49. The summed E-state index contributed by atoms with van der Waals surface area (Å²) < 4.78 is 6.23. The van der Waals surface area contributed by atoms with Crippen LogP contribution < -0.4 is 0 Å². The molecular formula is C18H28O2. The number of hydrogen-bond donors (Lipinski definition) is 0. The van der Waals surface area contributed by atoms with Gasteiger partial charge in [0.25, 0.3) is 0 Å². The molecule has 0 aromatic rings. The van der Waals surface area contributed by atoms with Crippen LogP contribution >= 0.6 is 0 Å². The summed E-state index contributed by atoms with van der Waals surface area (Å²) in [5.41, 5.74) is 0.143. The van der Waals surface area contributed by atoms with Crippen molar-refractivity contribution in [3.05, 3.63) is 0 Å². The maximum atomic E-state index is 12.7.